The molecule has 2 N–H and O–H groups in total. The molecule has 0 aromatic carbocycles. The third-order valence-corrected chi connectivity index (χ3v) is 3.95. The van der Waals surface area contributed by atoms with E-state index in [1.807, 2.05) is 13.2 Å². The fourth-order valence-corrected chi connectivity index (χ4v) is 2.71. The predicted octanol–water partition coefficient (Wildman–Crippen LogP) is 1.81. The maximum Gasteiger partial charge on any atom is 0.207 e. The van der Waals surface area contributed by atoms with Crippen LogP contribution in [0.2, 0.25) is 0 Å². The van der Waals surface area contributed by atoms with Crippen LogP contribution < -0.4 is 5.32 Å². The van der Waals surface area contributed by atoms with Crippen molar-refractivity contribution in [2.24, 2.45) is 7.05 Å². The number of imidazole rings is 1. The van der Waals surface area contributed by atoms with Gasteiger partial charge in [0, 0.05) is 36.8 Å². The Balaban J connectivity index is 1.78. The molecule has 130 valence electrons. The largest absolute Gasteiger partial charge is 0.353 e. The number of halogens is 1. The molecule has 0 bridgehead atoms. The normalized spacial score (nSPS) is 11.0. The smallest absolute Gasteiger partial charge is 0.207 e. The highest BCUT2D eigenvalue weighted by atomic mass is 19.1. The Labute approximate surface area is 147 Å². The highest BCUT2D eigenvalue weighted by Crippen LogP contribution is 2.28. The summed E-state index contributed by atoms with van der Waals surface area (Å²) in [5, 5.41) is 6.54. The summed E-state index contributed by atoms with van der Waals surface area (Å²) in [6, 6.07) is 3.15. The first-order valence-corrected chi connectivity index (χ1v) is 7.81. The number of fused-ring (bicyclic) bond motifs is 1. The zero-order valence-electron chi connectivity index (χ0n) is 13.8. The molecule has 8 nitrogen and oxygen atoms in total. The van der Waals surface area contributed by atoms with E-state index in [0.29, 0.717) is 29.0 Å². The Morgan fingerprint density at radius 1 is 1.31 bits per heavy atom. The lowest BCUT2D eigenvalue weighted by atomic mass is 10.1. The second-order valence-electron chi connectivity index (χ2n) is 5.70. The number of aryl methyl sites for hydroxylation is 1. The number of aromatic nitrogens is 6. The quantitative estimate of drug-likeness (QED) is 0.534. The molecule has 4 heterocycles. The van der Waals surface area contributed by atoms with Crippen molar-refractivity contribution in [3.63, 3.8) is 0 Å². The number of carbonyl (C=O) groups is 1. The number of hydrogen-bond acceptors (Lipinski definition) is 5. The lowest BCUT2D eigenvalue weighted by Crippen LogP contribution is -2.12. The average molecular weight is 351 g/mol. The molecule has 0 atom stereocenters. The molecular formula is C17H14FN7O. The van der Waals surface area contributed by atoms with Crippen LogP contribution in [0.1, 0.15) is 5.69 Å². The van der Waals surface area contributed by atoms with E-state index in [0.717, 1.165) is 11.1 Å². The molecule has 0 unspecified atom stereocenters. The van der Waals surface area contributed by atoms with Gasteiger partial charge < -0.3 is 10.3 Å². The monoisotopic (exact) mass is 351 g/mol. The summed E-state index contributed by atoms with van der Waals surface area (Å²) >= 11 is 0. The van der Waals surface area contributed by atoms with Crippen molar-refractivity contribution in [2.45, 2.75) is 6.54 Å². The van der Waals surface area contributed by atoms with Crippen LogP contribution in [0.5, 0.6) is 0 Å². The van der Waals surface area contributed by atoms with E-state index in [1.165, 1.54) is 6.07 Å². The Hall–Kier alpha value is -3.62. The van der Waals surface area contributed by atoms with Gasteiger partial charge in [0.25, 0.3) is 0 Å². The van der Waals surface area contributed by atoms with Crippen molar-refractivity contribution in [1.29, 1.82) is 0 Å². The molecule has 4 aromatic rings. The molecule has 0 aliphatic carbocycles. The number of aromatic amines is 1. The number of nitrogens with zero attached hydrogens (tertiary/aromatic N) is 5. The third-order valence-electron chi connectivity index (χ3n) is 3.95. The Morgan fingerprint density at radius 3 is 2.92 bits per heavy atom. The van der Waals surface area contributed by atoms with Crippen LogP contribution in [-0.4, -0.2) is 36.1 Å². The van der Waals surface area contributed by atoms with E-state index in [1.54, 1.807) is 29.3 Å². The molecule has 0 aliphatic rings. The summed E-state index contributed by atoms with van der Waals surface area (Å²) in [6.45, 7) is 0.0383. The molecular weight excluding hydrogens is 337 g/mol. The van der Waals surface area contributed by atoms with E-state index in [-0.39, 0.29) is 12.2 Å². The summed E-state index contributed by atoms with van der Waals surface area (Å²) in [5.74, 6) is 0.141. The van der Waals surface area contributed by atoms with E-state index in [4.69, 9.17) is 0 Å². The molecule has 26 heavy (non-hydrogen) atoms. The van der Waals surface area contributed by atoms with Crippen molar-refractivity contribution in [2.75, 3.05) is 0 Å². The number of pyridine rings is 2. The number of nitrogens with one attached hydrogen (secondary N) is 2. The molecule has 0 spiro atoms. The van der Waals surface area contributed by atoms with Gasteiger partial charge in [-0.1, -0.05) is 0 Å². The summed E-state index contributed by atoms with van der Waals surface area (Å²) in [7, 11) is 1.82. The van der Waals surface area contributed by atoms with Crippen molar-refractivity contribution in [3.8, 4) is 22.5 Å². The van der Waals surface area contributed by atoms with Gasteiger partial charge in [-0.25, -0.2) is 14.4 Å². The maximum atomic E-state index is 14.3. The summed E-state index contributed by atoms with van der Waals surface area (Å²) in [5.41, 5.74) is 3.53. The zero-order valence-corrected chi connectivity index (χ0v) is 13.8. The van der Waals surface area contributed by atoms with E-state index in [9.17, 15) is 9.18 Å². The maximum absolute atomic E-state index is 14.3. The van der Waals surface area contributed by atoms with E-state index < -0.39 is 5.82 Å². The minimum Gasteiger partial charge on any atom is -0.353 e. The minimum atomic E-state index is -0.492. The van der Waals surface area contributed by atoms with Crippen LogP contribution in [-0.2, 0) is 18.4 Å². The highest BCUT2D eigenvalue weighted by Gasteiger charge is 2.14. The number of carbonyl (C=O) groups excluding carboxylic acids is 1. The molecule has 0 aliphatic heterocycles. The van der Waals surface area contributed by atoms with Gasteiger partial charge in [-0.15, -0.1) is 0 Å². The predicted molar refractivity (Wildman–Crippen MR) is 92.2 cm³/mol. The first-order valence-electron chi connectivity index (χ1n) is 7.81. The summed E-state index contributed by atoms with van der Waals surface area (Å²) in [4.78, 5) is 26.4. The topological polar surface area (TPSA) is 101 Å². The summed E-state index contributed by atoms with van der Waals surface area (Å²) < 4.78 is 15.9. The standard InChI is InChI=1S/C17H14FN7O/c1-25-8-11(6-22-25)16-23-15-12(2-3-20-17(15)24-16)10-4-13(18)14(21-5-10)7-19-9-26/h2-6,8-9H,7H2,1H3,(H,19,26)(H,20,23,24). The number of H-pyrrole nitrogens is 1. The van der Waals surface area contributed by atoms with Crippen LogP contribution in [0.3, 0.4) is 0 Å². The van der Waals surface area contributed by atoms with Crippen LogP contribution in [0.25, 0.3) is 33.7 Å². The fraction of sp³-hybridized carbons (Fsp3) is 0.118. The van der Waals surface area contributed by atoms with Gasteiger partial charge in [0.15, 0.2) is 5.65 Å². The average Bonchev–Trinajstić information content (AvgIpc) is 3.26. The SMILES string of the molecule is Cn1cc(-c2nc3nccc(-c4cnc(CNC=O)c(F)c4)c3[nH]2)cn1. The van der Waals surface area contributed by atoms with Gasteiger partial charge in [-0.3, -0.25) is 14.5 Å². The van der Waals surface area contributed by atoms with Crippen LogP contribution in [0, 0.1) is 5.82 Å². The van der Waals surface area contributed by atoms with Crippen molar-refractivity contribution in [1.82, 2.24) is 35.0 Å². The van der Waals surface area contributed by atoms with Crippen molar-refractivity contribution < 1.29 is 9.18 Å². The first-order chi connectivity index (χ1) is 12.7. The van der Waals surface area contributed by atoms with Crippen LogP contribution in [0.4, 0.5) is 4.39 Å². The number of amides is 1. The second-order valence-corrected chi connectivity index (χ2v) is 5.70. The molecule has 0 saturated heterocycles. The van der Waals surface area contributed by atoms with Gasteiger partial charge in [0.2, 0.25) is 6.41 Å². The van der Waals surface area contributed by atoms with Crippen molar-refractivity contribution >= 4 is 17.6 Å². The van der Waals surface area contributed by atoms with Crippen molar-refractivity contribution in [3.05, 3.63) is 48.4 Å². The number of hydrogen-bond donors (Lipinski definition) is 2. The molecule has 4 rings (SSSR count). The lowest BCUT2D eigenvalue weighted by molar-refractivity contribution is -0.109. The summed E-state index contributed by atoms with van der Waals surface area (Å²) in [6.07, 6.45) is 7.22. The molecule has 0 saturated carbocycles. The number of rotatable bonds is 5. The van der Waals surface area contributed by atoms with Gasteiger partial charge in [-0.2, -0.15) is 5.10 Å². The molecule has 4 aromatic heterocycles. The fourth-order valence-electron chi connectivity index (χ4n) is 2.71. The lowest BCUT2D eigenvalue weighted by Gasteiger charge is -2.06. The zero-order chi connectivity index (χ0) is 18.1. The van der Waals surface area contributed by atoms with Crippen LogP contribution in [0.15, 0.2) is 36.9 Å². The Morgan fingerprint density at radius 2 is 2.19 bits per heavy atom. The minimum absolute atomic E-state index is 0.0383. The van der Waals surface area contributed by atoms with Gasteiger partial charge >= 0.3 is 0 Å². The molecule has 0 radical (unpaired) electrons. The van der Waals surface area contributed by atoms with Gasteiger partial charge in [-0.05, 0) is 12.1 Å². The molecule has 0 fully saturated rings. The van der Waals surface area contributed by atoms with E-state index >= 15 is 0 Å². The molecule has 9 heteroatoms. The van der Waals surface area contributed by atoms with E-state index in [2.05, 4.69) is 30.4 Å². The molecule has 1 amide bonds. The Bertz CT molecular complexity index is 1100. The second kappa shape index (κ2) is 6.36. The highest BCUT2D eigenvalue weighted by molar-refractivity contribution is 5.91. The Kier molecular flexibility index (Phi) is 3.88. The van der Waals surface area contributed by atoms with Crippen LogP contribution >= 0.6 is 0 Å². The third kappa shape index (κ3) is 2.79. The first kappa shape index (κ1) is 15.9. The van der Waals surface area contributed by atoms with Gasteiger partial charge in [0.05, 0.1) is 29.5 Å². The van der Waals surface area contributed by atoms with Gasteiger partial charge in [0.1, 0.15) is 11.6 Å².